The molecule has 5 nitrogen and oxygen atoms in total. The van der Waals surface area contributed by atoms with Gasteiger partial charge in [0.1, 0.15) is 6.67 Å². The maximum Gasteiger partial charge on any atom is 0.241 e. The van der Waals surface area contributed by atoms with Crippen LogP contribution in [0.1, 0.15) is 11.1 Å². The number of ether oxygens (including phenoxy) is 2. The molecule has 0 fully saturated rings. The van der Waals surface area contributed by atoms with Gasteiger partial charge in [-0.25, -0.2) is 17.5 Å². The molecule has 0 saturated heterocycles. The number of sulfonamides is 1. The minimum atomic E-state index is -3.76. The van der Waals surface area contributed by atoms with Gasteiger partial charge in [-0.1, -0.05) is 23.7 Å². The predicted octanol–water partition coefficient (Wildman–Crippen LogP) is 3.31. The van der Waals surface area contributed by atoms with E-state index in [9.17, 15) is 12.8 Å². The lowest BCUT2D eigenvalue weighted by Gasteiger charge is -2.11. The van der Waals surface area contributed by atoms with Crippen molar-refractivity contribution in [1.29, 1.82) is 0 Å². The summed E-state index contributed by atoms with van der Waals surface area (Å²) >= 11 is 5.84. The van der Waals surface area contributed by atoms with Gasteiger partial charge in [-0.15, -0.1) is 0 Å². The molecule has 0 radical (unpaired) electrons. The van der Waals surface area contributed by atoms with E-state index in [-0.39, 0.29) is 11.4 Å². The summed E-state index contributed by atoms with van der Waals surface area (Å²) in [6, 6.07) is 9.00. The minimum Gasteiger partial charge on any atom is -0.493 e. The van der Waals surface area contributed by atoms with E-state index in [0.717, 1.165) is 0 Å². The lowest BCUT2D eigenvalue weighted by atomic mass is 10.1. The second-order valence-electron chi connectivity index (χ2n) is 4.90. The Balaban J connectivity index is 2.20. The highest BCUT2D eigenvalue weighted by Crippen LogP contribution is 2.29. The van der Waals surface area contributed by atoms with Crippen molar-refractivity contribution < 1.29 is 22.3 Å². The summed E-state index contributed by atoms with van der Waals surface area (Å²) in [5, 5.41) is 0.309. The zero-order valence-corrected chi connectivity index (χ0v) is 14.7. The van der Waals surface area contributed by atoms with Crippen molar-refractivity contribution in [1.82, 2.24) is 4.72 Å². The van der Waals surface area contributed by atoms with Gasteiger partial charge in [0.05, 0.1) is 19.1 Å². The van der Waals surface area contributed by atoms with Gasteiger partial charge in [0.25, 0.3) is 0 Å². The zero-order chi connectivity index (χ0) is 17.7. The van der Waals surface area contributed by atoms with Gasteiger partial charge in [0.2, 0.25) is 10.0 Å². The molecule has 2 aromatic carbocycles. The van der Waals surface area contributed by atoms with Crippen LogP contribution in [0.3, 0.4) is 0 Å². The van der Waals surface area contributed by atoms with Crippen LogP contribution in [0.4, 0.5) is 4.39 Å². The quantitative estimate of drug-likeness (QED) is 0.808. The predicted molar refractivity (Wildman–Crippen MR) is 89.8 cm³/mol. The molecule has 2 aromatic rings. The van der Waals surface area contributed by atoms with Crippen molar-refractivity contribution in [3.8, 4) is 11.5 Å². The van der Waals surface area contributed by atoms with Crippen molar-refractivity contribution in [3.05, 3.63) is 52.5 Å². The highest BCUT2D eigenvalue weighted by Gasteiger charge is 2.17. The summed E-state index contributed by atoms with van der Waals surface area (Å²) in [5.74, 6) is 0.744. The molecule has 0 aliphatic rings. The molecule has 2 rings (SSSR count). The Hall–Kier alpha value is -1.83. The molecule has 8 heteroatoms. The van der Waals surface area contributed by atoms with Crippen molar-refractivity contribution >= 4 is 21.6 Å². The number of alkyl halides is 1. The van der Waals surface area contributed by atoms with Crippen molar-refractivity contribution in [2.45, 2.75) is 18.1 Å². The third-order valence-corrected chi connectivity index (χ3v) is 5.15. The molecule has 0 aliphatic carbocycles. The Labute approximate surface area is 145 Å². The first kappa shape index (κ1) is 18.5. The van der Waals surface area contributed by atoms with Gasteiger partial charge >= 0.3 is 0 Å². The Morgan fingerprint density at radius 1 is 1.08 bits per heavy atom. The van der Waals surface area contributed by atoms with Crippen LogP contribution in [0.2, 0.25) is 5.02 Å². The Morgan fingerprint density at radius 2 is 1.79 bits per heavy atom. The third kappa shape index (κ3) is 4.17. The molecule has 130 valence electrons. The lowest BCUT2D eigenvalue weighted by molar-refractivity contribution is 0.354. The second kappa shape index (κ2) is 7.83. The Kier molecular flexibility index (Phi) is 6.04. The van der Waals surface area contributed by atoms with Crippen LogP contribution in [-0.2, 0) is 23.2 Å². The van der Waals surface area contributed by atoms with Gasteiger partial charge in [0.15, 0.2) is 11.5 Å². The largest absolute Gasteiger partial charge is 0.493 e. The topological polar surface area (TPSA) is 64.6 Å². The second-order valence-corrected chi connectivity index (χ2v) is 7.07. The average Bonchev–Trinajstić information content (AvgIpc) is 2.60. The van der Waals surface area contributed by atoms with Crippen LogP contribution in [0, 0.1) is 0 Å². The van der Waals surface area contributed by atoms with Crippen LogP contribution >= 0.6 is 11.6 Å². The SMILES string of the molecule is COc1ccc(S(=O)(=O)NCc2ccc(Cl)c(CF)c2)cc1OC. The van der Waals surface area contributed by atoms with Gasteiger partial charge in [-0.3, -0.25) is 0 Å². The van der Waals surface area contributed by atoms with Gasteiger partial charge < -0.3 is 9.47 Å². The van der Waals surface area contributed by atoms with E-state index < -0.39 is 16.7 Å². The summed E-state index contributed by atoms with van der Waals surface area (Å²) in [5.41, 5.74) is 0.926. The smallest absolute Gasteiger partial charge is 0.241 e. The summed E-state index contributed by atoms with van der Waals surface area (Å²) in [4.78, 5) is 0.0415. The summed E-state index contributed by atoms with van der Waals surface area (Å²) < 4.78 is 50.2. The summed E-state index contributed by atoms with van der Waals surface area (Å²) in [6.07, 6.45) is 0. The minimum absolute atomic E-state index is 0.0147. The summed E-state index contributed by atoms with van der Waals surface area (Å²) in [6.45, 7) is -0.698. The van der Waals surface area contributed by atoms with Crippen LogP contribution in [0.5, 0.6) is 11.5 Å². The maximum atomic E-state index is 12.8. The first-order valence-corrected chi connectivity index (χ1v) is 8.82. The third-order valence-electron chi connectivity index (χ3n) is 3.39. The molecule has 0 spiro atoms. The van der Waals surface area contributed by atoms with E-state index >= 15 is 0 Å². The van der Waals surface area contributed by atoms with E-state index in [0.29, 0.717) is 27.6 Å². The van der Waals surface area contributed by atoms with Crippen molar-refractivity contribution in [2.75, 3.05) is 14.2 Å². The van der Waals surface area contributed by atoms with E-state index in [2.05, 4.69) is 4.72 Å². The van der Waals surface area contributed by atoms with Crippen LogP contribution < -0.4 is 14.2 Å². The molecule has 0 aliphatic heterocycles. The standard InChI is InChI=1S/C16H17ClFNO4S/c1-22-15-6-4-13(8-16(15)23-2)24(20,21)19-10-11-3-5-14(17)12(7-11)9-18/h3-8,19H,9-10H2,1-2H3. The lowest BCUT2D eigenvalue weighted by Crippen LogP contribution is -2.23. The van der Waals surface area contributed by atoms with E-state index in [1.54, 1.807) is 6.07 Å². The fourth-order valence-electron chi connectivity index (χ4n) is 2.09. The number of hydrogen-bond acceptors (Lipinski definition) is 4. The van der Waals surface area contributed by atoms with Gasteiger partial charge in [-0.2, -0.15) is 0 Å². The van der Waals surface area contributed by atoms with E-state index in [4.69, 9.17) is 21.1 Å². The van der Waals surface area contributed by atoms with Crippen molar-refractivity contribution in [3.63, 3.8) is 0 Å². The number of nitrogens with one attached hydrogen (secondary N) is 1. The number of halogens is 2. The van der Waals surface area contributed by atoms with Gasteiger partial charge in [0, 0.05) is 23.2 Å². The van der Waals surface area contributed by atoms with E-state index in [1.165, 1.54) is 44.6 Å². The molecule has 0 saturated carbocycles. The normalized spacial score (nSPS) is 11.3. The van der Waals surface area contributed by atoms with E-state index in [1.807, 2.05) is 0 Å². The summed E-state index contributed by atoms with van der Waals surface area (Å²) in [7, 11) is -0.868. The monoisotopic (exact) mass is 373 g/mol. The molecule has 0 unspecified atom stereocenters. The fourth-order valence-corrected chi connectivity index (χ4v) is 3.29. The van der Waals surface area contributed by atoms with Crippen LogP contribution in [0.15, 0.2) is 41.3 Å². The first-order chi connectivity index (χ1) is 11.4. The van der Waals surface area contributed by atoms with Gasteiger partial charge in [-0.05, 0) is 23.8 Å². The Bertz CT molecular complexity index is 827. The molecular formula is C16H17ClFNO4S. The fraction of sp³-hybridized carbons (Fsp3) is 0.250. The molecule has 0 aromatic heterocycles. The maximum absolute atomic E-state index is 12.8. The zero-order valence-electron chi connectivity index (χ0n) is 13.2. The molecule has 0 heterocycles. The highest BCUT2D eigenvalue weighted by molar-refractivity contribution is 7.89. The molecule has 24 heavy (non-hydrogen) atoms. The Morgan fingerprint density at radius 3 is 2.42 bits per heavy atom. The number of rotatable bonds is 7. The highest BCUT2D eigenvalue weighted by atomic mass is 35.5. The molecule has 0 atom stereocenters. The van der Waals surface area contributed by atoms with Crippen LogP contribution in [0.25, 0.3) is 0 Å². The van der Waals surface area contributed by atoms with Crippen molar-refractivity contribution in [2.24, 2.45) is 0 Å². The average molecular weight is 374 g/mol. The first-order valence-electron chi connectivity index (χ1n) is 6.96. The van der Waals surface area contributed by atoms with Crippen LogP contribution in [-0.4, -0.2) is 22.6 Å². The number of methoxy groups -OCH3 is 2. The molecule has 1 N–H and O–H groups in total. The molecular weight excluding hydrogens is 357 g/mol. The number of hydrogen-bond donors (Lipinski definition) is 1. The molecule has 0 amide bonds. The molecule has 0 bridgehead atoms. The number of benzene rings is 2.